The normalized spacial score (nSPS) is 20.4. The van der Waals surface area contributed by atoms with Crippen molar-refractivity contribution in [2.45, 2.75) is 51.5 Å². The number of piperidine rings is 1. The molecule has 156 valence electrons. The van der Waals surface area contributed by atoms with E-state index in [-0.39, 0.29) is 12.5 Å². The van der Waals surface area contributed by atoms with E-state index in [2.05, 4.69) is 5.32 Å². The summed E-state index contributed by atoms with van der Waals surface area (Å²) in [5.41, 5.74) is 2.56. The molecule has 1 fully saturated rings. The first-order valence-corrected chi connectivity index (χ1v) is 11.6. The van der Waals surface area contributed by atoms with Gasteiger partial charge in [-0.1, -0.05) is 43.3 Å². The first-order chi connectivity index (χ1) is 13.8. The van der Waals surface area contributed by atoms with Gasteiger partial charge in [-0.15, -0.1) is 0 Å². The first kappa shape index (κ1) is 21.5. The van der Waals surface area contributed by atoms with Gasteiger partial charge >= 0.3 is 0 Å². The van der Waals surface area contributed by atoms with E-state index in [4.69, 9.17) is 0 Å². The van der Waals surface area contributed by atoms with Gasteiger partial charge in [0.25, 0.3) is 0 Å². The second-order valence-corrected chi connectivity index (χ2v) is 10.0. The molecule has 1 unspecified atom stereocenters. The minimum atomic E-state index is -3.61. The molecule has 29 heavy (non-hydrogen) atoms. The number of aryl methyl sites for hydroxylation is 2. The minimum absolute atomic E-state index is 0.0954. The average molecular weight is 415 g/mol. The number of hydrogen-bond donors (Lipinski definition) is 1. The molecule has 1 N–H and O–H groups in total. The number of nitrogens with zero attached hydrogens (tertiary/aromatic N) is 1. The van der Waals surface area contributed by atoms with E-state index < -0.39 is 15.4 Å². The molecule has 1 aliphatic rings. The van der Waals surface area contributed by atoms with Crippen molar-refractivity contribution in [1.29, 1.82) is 0 Å². The van der Waals surface area contributed by atoms with Crippen LogP contribution in [0.15, 0.2) is 53.4 Å². The van der Waals surface area contributed by atoms with E-state index in [9.17, 15) is 13.2 Å². The largest absolute Gasteiger partial charge is 0.352 e. The van der Waals surface area contributed by atoms with Crippen LogP contribution in [-0.2, 0) is 27.8 Å². The Morgan fingerprint density at radius 1 is 1.14 bits per heavy atom. The van der Waals surface area contributed by atoms with Crippen LogP contribution in [0.25, 0.3) is 0 Å². The predicted octanol–water partition coefficient (Wildman–Crippen LogP) is 3.66. The summed E-state index contributed by atoms with van der Waals surface area (Å²) in [4.78, 5) is 13.3. The number of carbonyl (C=O) groups is 1. The molecule has 1 saturated heterocycles. The van der Waals surface area contributed by atoms with Crippen molar-refractivity contribution in [3.05, 3.63) is 65.2 Å². The molecule has 5 nitrogen and oxygen atoms in total. The van der Waals surface area contributed by atoms with Crippen LogP contribution in [0.5, 0.6) is 0 Å². The number of sulfonamides is 1. The number of carbonyl (C=O) groups excluding carboxylic acids is 1. The van der Waals surface area contributed by atoms with Crippen molar-refractivity contribution >= 4 is 15.9 Å². The Labute approximate surface area is 174 Å². The third kappa shape index (κ3) is 4.70. The highest BCUT2D eigenvalue weighted by Crippen LogP contribution is 2.33. The Balaban J connectivity index is 1.72. The van der Waals surface area contributed by atoms with Crippen molar-refractivity contribution in [3.63, 3.8) is 0 Å². The van der Waals surface area contributed by atoms with Crippen LogP contribution >= 0.6 is 0 Å². The highest BCUT2D eigenvalue weighted by atomic mass is 32.2. The zero-order chi connectivity index (χ0) is 21.1. The summed E-state index contributed by atoms with van der Waals surface area (Å²) in [6.45, 7) is 7.01. The van der Waals surface area contributed by atoms with Crippen molar-refractivity contribution in [1.82, 2.24) is 9.62 Å². The number of benzene rings is 2. The van der Waals surface area contributed by atoms with Gasteiger partial charge in [0.1, 0.15) is 0 Å². The number of nitrogens with one attached hydrogen (secondary N) is 1. The van der Waals surface area contributed by atoms with Crippen molar-refractivity contribution < 1.29 is 13.2 Å². The summed E-state index contributed by atoms with van der Waals surface area (Å²) in [6, 6.07) is 15.0. The molecule has 1 heterocycles. The fourth-order valence-electron chi connectivity index (χ4n) is 3.83. The lowest BCUT2D eigenvalue weighted by molar-refractivity contribution is -0.132. The Morgan fingerprint density at radius 3 is 2.48 bits per heavy atom. The highest BCUT2D eigenvalue weighted by molar-refractivity contribution is 7.89. The van der Waals surface area contributed by atoms with Gasteiger partial charge in [-0.2, -0.15) is 4.31 Å². The minimum Gasteiger partial charge on any atom is -0.352 e. The Kier molecular flexibility index (Phi) is 6.44. The quantitative estimate of drug-likeness (QED) is 0.784. The Bertz CT molecular complexity index is 970. The summed E-state index contributed by atoms with van der Waals surface area (Å²) < 4.78 is 27.7. The zero-order valence-electron chi connectivity index (χ0n) is 17.4. The highest BCUT2D eigenvalue weighted by Gasteiger charge is 2.41. The maximum Gasteiger partial charge on any atom is 0.243 e. The van der Waals surface area contributed by atoms with Crippen LogP contribution in [0, 0.1) is 12.3 Å². The van der Waals surface area contributed by atoms with Gasteiger partial charge in [-0.3, -0.25) is 4.79 Å². The van der Waals surface area contributed by atoms with Gasteiger partial charge in [0.05, 0.1) is 10.3 Å². The van der Waals surface area contributed by atoms with Crippen LogP contribution in [0.1, 0.15) is 43.4 Å². The van der Waals surface area contributed by atoms with Crippen molar-refractivity contribution in [3.8, 4) is 0 Å². The number of rotatable bonds is 6. The maximum atomic E-state index is 13.1. The Morgan fingerprint density at radius 2 is 1.83 bits per heavy atom. The molecule has 2 aromatic rings. The van der Waals surface area contributed by atoms with Crippen LogP contribution in [0.3, 0.4) is 0 Å². The van der Waals surface area contributed by atoms with Crippen molar-refractivity contribution in [2.24, 2.45) is 5.41 Å². The zero-order valence-corrected chi connectivity index (χ0v) is 18.3. The van der Waals surface area contributed by atoms with Gasteiger partial charge in [-0.25, -0.2) is 8.42 Å². The third-order valence-corrected chi connectivity index (χ3v) is 7.74. The molecule has 2 aromatic carbocycles. The molecule has 1 aliphatic heterocycles. The second kappa shape index (κ2) is 8.67. The second-order valence-electron chi connectivity index (χ2n) is 8.11. The van der Waals surface area contributed by atoms with Gasteiger partial charge < -0.3 is 5.32 Å². The molecular weight excluding hydrogens is 384 g/mol. The molecule has 3 rings (SSSR count). The van der Waals surface area contributed by atoms with Crippen LogP contribution < -0.4 is 5.32 Å². The van der Waals surface area contributed by atoms with Gasteiger partial charge in [0.2, 0.25) is 15.9 Å². The lowest BCUT2D eigenvalue weighted by atomic mass is 9.82. The molecule has 1 amide bonds. The van der Waals surface area contributed by atoms with E-state index in [1.165, 1.54) is 4.31 Å². The van der Waals surface area contributed by atoms with Crippen molar-refractivity contribution in [2.75, 3.05) is 13.1 Å². The predicted molar refractivity (Wildman–Crippen MR) is 115 cm³/mol. The lowest BCUT2D eigenvalue weighted by Crippen LogP contribution is -2.51. The fourth-order valence-corrected chi connectivity index (χ4v) is 5.43. The molecule has 0 bridgehead atoms. The van der Waals surface area contributed by atoms with E-state index in [0.717, 1.165) is 23.1 Å². The van der Waals surface area contributed by atoms with E-state index in [1.807, 2.05) is 57.2 Å². The molecule has 0 aromatic heterocycles. The lowest BCUT2D eigenvalue weighted by Gasteiger charge is -2.38. The summed E-state index contributed by atoms with van der Waals surface area (Å²) in [6.07, 6.45) is 2.21. The fraction of sp³-hybridized carbons (Fsp3) is 0.435. The molecule has 0 saturated carbocycles. The van der Waals surface area contributed by atoms with E-state index in [1.54, 1.807) is 12.1 Å². The average Bonchev–Trinajstić information content (AvgIpc) is 2.73. The SMILES string of the molecule is CCc1ccc(S(=O)(=O)N2CCCC(C)(C(=O)NCc3ccccc3C)C2)cc1. The number of hydrogen-bond acceptors (Lipinski definition) is 3. The summed E-state index contributed by atoms with van der Waals surface area (Å²) >= 11 is 0. The summed E-state index contributed by atoms with van der Waals surface area (Å²) in [7, 11) is -3.61. The summed E-state index contributed by atoms with van der Waals surface area (Å²) in [5, 5.41) is 3.02. The van der Waals surface area contributed by atoms with E-state index in [0.29, 0.717) is 30.8 Å². The standard InChI is InChI=1S/C23H30N2O3S/c1-4-19-10-12-21(13-11-19)29(27,28)25-15-7-14-23(3,17-25)22(26)24-16-20-9-6-5-8-18(20)2/h5-6,8-13H,4,7,14-17H2,1-3H3,(H,24,26). The van der Waals surface area contributed by atoms with Gasteiger partial charge in [0.15, 0.2) is 0 Å². The van der Waals surface area contributed by atoms with Crippen LogP contribution in [0.4, 0.5) is 0 Å². The Hall–Kier alpha value is -2.18. The van der Waals surface area contributed by atoms with E-state index >= 15 is 0 Å². The van der Waals surface area contributed by atoms with Gasteiger partial charge in [-0.05, 0) is 61.9 Å². The molecule has 0 spiro atoms. The molecular formula is C23H30N2O3S. The number of amides is 1. The maximum absolute atomic E-state index is 13.1. The third-order valence-electron chi connectivity index (χ3n) is 5.88. The molecule has 0 radical (unpaired) electrons. The topological polar surface area (TPSA) is 66.5 Å². The van der Waals surface area contributed by atoms with Crippen LogP contribution in [0.2, 0.25) is 0 Å². The summed E-state index contributed by atoms with van der Waals surface area (Å²) in [5.74, 6) is -0.0954. The van der Waals surface area contributed by atoms with Gasteiger partial charge in [0, 0.05) is 19.6 Å². The molecule has 6 heteroatoms. The molecule has 1 atom stereocenters. The first-order valence-electron chi connectivity index (χ1n) is 10.2. The van der Waals surface area contributed by atoms with Crippen LogP contribution in [-0.4, -0.2) is 31.7 Å². The monoisotopic (exact) mass is 414 g/mol. The smallest absolute Gasteiger partial charge is 0.243 e. The molecule has 0 aliphatic carbocycles.